The van der Waals surface area contributed by atoms with Crippen molar-refractivity contribution >= 4 is 17.9 Å². The molecule has 84 valence electrons. The molecule has 1 saturated heterocycles. The van der Waals surface area contributed by atoms with Gasteiger partial charge in [0.15, 0.2) is 0 Å². The van der Waals surface area contributed by atoms with Crippen molar-refractivity contribution < 1.29 is 19.5 Å². The van der Waals surface area contributed by atoms with Crippen LogP contribution in [0.1, 0.15) is 19.8 Å². The first-order valence-corrected chi connectivity index (χ1v) is 4.83. The van der Waals surface area contributed by atoms with Crippen LogP contribution in [-0.2, 0) is 9.59 Å². The standard InChI is InChI=1S/C9H14N2O4/c1-6(8(13)14)3-2-4-11-7(12)5-10-9(11)15/h6H,2-5H2,1H3,(H,10,15)(H,13,14). The van der Waals surface area contributed by atoms with Gasteiger partial charge in [-0.15, -0.1) is 0 Å². The second-order valence-electron chi connectivity index (χ2n) is 3.59. The predicted molar refractivity (Wildman–Crippen MR) is 51.1 cm³/mol. The lowest BCUT2D eigenvalue weighted by atomic mass is 10.1. The Kier molecular flexibility index (Phi) is 3.65. The van der Waals surface area contributed by atoms with E-state index in [-0.39, 0.29) is 18.5 Å². The third kappa shape index (κ3) is 2.93. The lowest BCUT2D eigenvalue weighted by Gasteiger charge is -2.12. The quantitative estimate of drug-likeness (QED) is 0.632. The Morgan fingerprint density at radius 1 is 1.60 bits per heavy atom. The summed E-state index contributed by atoms with van der Waals surface area (Å²) in [6, 6.07) is -0.386. The van der Waals surface area contributed by atoms with E-state index in [1.54, 1.807) is 6.92 Å². The Hall–Kier alpha value is -1.59. The van der Waals surface area contributed by atoms with Gasteiger partial charge in [0.25, 0.3) is 0 Å². The van der Waals surface area contributed by atoms with Crippen LogP contribution < -0.4 is 5.32 Å². The average Bonchev–Trinajstić information content (AvgIpc) is 2.48. The molecule has 0 spiro atoms. The second kappa shape index (κ2) is 4.77. The summed E-state index contributed by atoms with van der Waals surface area (Å²) in [5.74, 6) is -1.54. The molecule has 1 heterocycles. The smallest absolute Gasteiger partial charge is 0.324 e. The van der Waals surface area contributed by atoms with Crippen molar-refractivity contribution in [2.45, 2.75) is 19.8 Å². The highest BCUT2D eigenvalue weighted by Crippen LogP contribution is 2.08. The number of urea groups is 1. The van der Waals surface area contributed by atoms with Crippen molar-refractivity contribution in [1.29, 1.82) is 0 Å². The topological polar surface area (TPSA) is 86.7 Å². The van der Waals surface area contributed by atoms with Crippen molar-refractivity contribution in [3.05, 3.63) is 0 Å². The molecule has 1 unspecified atom stereocenters. The number of imide groups is 1. The monoisotopic (exact) mass is 214 g/mol. The zero-order valence-electron chi connectivity index (χ0n) is 8.52. The van der Waals surface area contributed by atoms with Crippen LogP contribution in [-0.4, -0.2) is 41.0 Å². The molecule has 1 aliphatic rings. The van der Waals surface area contributed by atoms with E-state index in [1.807, 2.05) is 0 Å². The number of carboxylic acids is 1. The third-order valence-corrected chi connectivity index (χ3v) is 2.38. The minimum atomic E-state index is -0.854. The highest BCUT2D eigenvalue weighted by molar-refractivity contribution is 6.01. The molecule has 6 nitrogen and oxygen atoms in total. The zero-order valence-corrected chi connectivity index (χ0v) is 8.52. The van der Waals surface area contributed by atoms with Crippen molar-refractivity contribution in [3.63, 3.8) is 0 Å². The van der Waals surface area contributed by atoms with Gasteiger partial charge in [-0.1, -0.05) is 6.92 Å². The van der Waals surface area contributed by atoms with Crippen LogP contribution in [0.25, 0.3) is 0 Å². The van der Waals surface area contributed by atoms with E-state index in [1.165, 1.54) is 0 Å². The molecule has 1 rings (SSSR count). The van der Waals surface area contributed by atoms with Gasteiger partial charge < -0.3 is 10.4 Å². The molecular formula is C9H14N2O4. The largest absolute Gasteiger partial charge is 0.481 e. The molecule has 0 radical (unpaired) electrons. The van der Waals surface area contributed by atoms with Gasteiger partial charge in [-0.05, 0) is 12.8 Å². The molecule has 1 aliphatic heterocycles. The molecule has 0 aromatic carbocycles. The molecule has 0 aliphatic carbocycles. The number of carbonyl (C=O) groups excluding carboxylic acids is 2. The van der Waals surface area contributed by atoms with E-state index in [9.17, 15) is 14.4 Å². The number of carbonyl (C=O) groups is 3. The number of rotatable bonds is 5. The van der Waals surface area contributed by atoms with Crippen LogP contribution in [0.15, 0.2) is 0 Å². The summed E-state index contributed by atoms with van der Waals surface area (Å²) in [5, 5.41) is 11.0. The first kappa shape index (κ1) is 11.5. The summed E-state index contributed by atoms with van der Waals surface area (Å²) in [4.78, 5) is 33.8. The van der Waals surface area contributed by atoms with Crippen LogP contribution in [0, 0.1) is 5.92 Å². The highest BCUT2D eigenvalue weighted by Gasteiger charge is 2.27. The minimum Gasteiger partial charge on any atom is -0.481 e. The van der Waals surface area contributed by atoms with Gasteiger partial charge in [-0.2, -0.15) is 0 Å². The lowest BCUT2D eigenvalue weighted by Crippen LogP contribution is -2.32. The van der Waals surface area contributed by atoms with E-state index >= 15 is 0 Å². The van der Waals surface area contributed by atoms with Crippen molar-refractivity contribution in [1.82, 2.24) is 10.2 Å². The first-order valence-electron chi connectivity index (χ1n) is 4.83. The van der Waals surface area contributed by atoms with Crippen LogP contribution in [0.3, 0.4) is 0 Å². The molecule has 0 saturated carbocycles. The summed E-state index contributed by atoms with van der Waals surface area (Å²) >= 11 is 0. The minimum absolute atomic E-state index is 0.0489. The van der Waals surface area contributed by atoms with Crippen molar-refractivity contribution in [3.8, 4) is 0 Å². The number of aliphatic carboxylic acids is 1. The molecule has 1 atom stereocenters. The van der Waals surface area contributed by atoms with Crippen LogP contribution in [0.4, 0.5) is 4.79 Å². The fraction of sp³-hybridized carbons (Fsp3) is 0.667. The fourth-order valence-electron chi connectivity index (χ4n) is 1.36. The van der Waals surface area contributed by atoms with Crippen LogP contribution in [0.2, 0.25) is 0 Å². The highest BCUT2D eigenvalue weighted by atomic mass is 16.4. The number of nitrogens with one attached hydrogen (secondary N) is 1. The van der Waals surface area contributed by atoms with Gasteiger partial charge in [-0.3, -0.25) is 14.5 Å². The second-order valence-corrected chi connectivity index (χ2v) is 3.59. The molecule has 6 heteroatoms. The van der Waals surface area contributed by atoms with Crippen LogP contribution >= 0.6 is 0 Å². The average molecular weight is 214 g/mol. The van der Waals surface area contributed by atoms with E-state index < -0.39 is 11.9 Å². The molecule has 15 heavy (non-hydrogen) atoms. The molecule has 1 fully saturated rings. The number of carboxylic acid groups (broad SMARTS) is 1. The molecule has 2 N–H and O–H groups in total. The Labute approximate surface area is 87.2 Å². The molecule has 0 aromatic heterocycles. The van der Waals surface area contributed by atoms with Gasteiger partial charge in [0.1, 0.15) is 0 Å². The summed E-state index contributed by atoms with van der Waals surface area (Å²) in [7, 11) is 0. The number of nitrogens with zero attached hydrogens (tertiary/aromatic N) is 1. The van der Waals surface area contributed by atoms with Gasteiger partial charge in [0.05, 0.1) is 12.5 Å². The van der Waals surface area contributed by atoms with Crippen LogP contribution in [0.5, 0.6) is 0 Å². The summed E-state index contributed by atoms with van der Waals surface area (Å²) in [6.45, 7) is 1.95. The zero-order chi connectivity index (χ0) is 11.4. The van der Waals surface area contributed by atoms with Gasteiger partial charge >= 0.3 is 12.0 Å². The summed E-state index contributed by atoms with van der Waals surface area (Å²) in [6.07, 6.45) is 0.985. The van der Waals surface area contributed by atoms with Gasteiger partial charge in [0, 0.05) is 6.54 Å². The van der Waals surface area contributed by atoms with Crippen molar-refractivity contribution in [2.75, 3.05) is 13.1 Å². The Bertz CT molecular complexity index is 274. The van der Waals surface area contributed by atoms with Crippen molar-refractivity contribution in [2.24, 2.45) is 5.92 Å². The van der Waals surface area contributed by atoms with E-state index in [0.29, 0.717) is 19.4 Å². The Morgan fingerprint density at radius 3 is 2.73 bits per heavy atom. The predicted octanol–water partition coefficient (Wildman–Crippen LogP) is 0.0391. The molecule has 0 aromatic rings. The molecule has 0 bridgehead atoms. The molecule has 3 amide bonds. The van der Waals surface area contributed by atoms with Gasteiger partial charge in [0.2, 0.25) is 5.91 Å². The summed E-state index contributed by atoms with van der Waals surface area (Å²) < 4.78 is 0. The SMILES string of the molecule is CC(CCCN1C(=O)CNC1=O)C(=O)O. The maximum atomic E-state index is 11.1. The fourth-order valence-corrected chi connectivity index (χ4v) is 1.36. The first-order chi connectivity index (χ1) is 7.02. The summed E-state index contributed by atoms with van der Waals surface area (Å²) in [5.41, 5.74) is 0. The third-order valence-electron chi connectivity index (χ3n) is 2.38. The Morgan fingerprint density at radius 2 is 2.27 bits per heavy atom. The lowest BCUT2D eigenvalue weighted by molar-refractivity contribution is -0.141. The van der Waals surface area contributed by atoms with E-state index in [4.69, 9.17) is 5.11 Å². The van der Waals surface area contributed by atoms with Gasteiger partial charge in [-0.25, -0.2) is 4.79 Å². The molecular weight excluding hydrogens is 200 g/mol. The maximum absolute atomic E-state index is 11.1. The van der Waals surface area contributed by atoms with E-state index in [0.717, 1.165) is 4.90 Å². The maximum Gasteiger partial charge on any atom is 0.324 e. The Balaban J connectivity index is 2.28. The van der Waals surface area contributed by atoms with E-state index in [2.05, 4.69) is 5.32 Å². The number of amides is 3. The normalized spacial score (nSPS) is 17.8. The number of hydrogen-bond acceptors (Lipinski definition) is 3. The number of hydrogen-bond donors (Lipinski definition) is 2.